The third kappa shape index (κ3) is 4.91. The van der Waals surface area contributed by atoms with Crippen molar-refractivity contribution >= 4 is 10.0 Å². The van der Waals surface area contributed by atoms with Crippen LogP contribution in [0.2, 0.25) is 0 Å². The van der Waals surface area contributed by atoms with E-state index in [1.165, 1.54) is 18.2 Å². The highest BCUT2D eigenvalue weighted by molar-refractivity contribution is 7.88. The molecule has 0 aliphatic carbocycles. The van der Waals surface area contributed by atoms with Crippen molar-refractivity contribution in [3.05, 3.63) is 71.0 Å². The van der Waals surface area contributed by atoms with Gasteiger partial charge in [0.15, 0.2) is 0 Å². The van der Waals surface area contributed by atoms with Crippen LogP contribution in [0.1, 0.15) is 16.7 Å². The molecule has 0 radical (unpaired) electrons. The van der Waals surface area contributed by atoms with Crippen LogP contribution in [0.4, 0.5) is 4.39 Å². The van der Waals surface area contributed by atoms with Crippen molar-refractivity contribution in [2.24, 2.45) is 0 Å². The maximum atomic E-state index is 13.5. The summed E-state index contributed by atoms with van der Waals surface area (Å²) in [7, 11) is -3.57. The lowest BCUT2D eigenvalue weighted by atomic mass is 10.1. The van der Waals surface area contributed by atoms with Gasteiger partial charge in [0.2, 0.25) is 10.0 Å². The zero-order chi connectivity index (χ0) is 16.0. The van der Waals surface area contributed by atoms with E-state index in [4.69, 9.17) is 5.11 Å². The predicted octanol–water partition coefficient (Wildman–Crippen LogP) is 1.98. The number of hydrogen-bond donors (Lipinski definition) is 2. The monoisotopic (exact) mass is 323 g/mol. The minimum atomic E-state index is -3.57. The van der Waals surface area contributed by atoms with Gasteiger partial charge in [-0.1, -0.05) is 42.5 Å². The molecule has 0 aliphatic rings. The molecule has 2 aromatic carbocycles. The van der Waals surface area contributed by atoms with Crippen LogP contribution in [0.15, 0.2) is 48.5 Å². The second-order valence-electron chi connectivity index (χ2n) is 4.97. The number of rotatable bonds is 7. The van der Waals surface area contributed by atoms with Crippen molar-refractivity contribution in [3.8, 4) is 0 Å². The molecular weight excluding hydrogens is 305 g/mol. The van der Waals surface area contributed by atoms with Crippen LogP contribution in [0, 0.1) is 5.82 Å². The molecule has 4 nitrogen and oxygen atoms in total. The Morgan fingerprint density at radius 1 is 1.00 bits per heavy atom. The predicted molar refractivity (Wildman–Crippen MR) is 83.1 cm³/mol. The molecule has 0 heterocycles. The first-order valence-electron chi connectivity index (χ1n) is 6.89. The van der Waals surface area contributed by atoms with E-state index >= 15 is 0 Å². The van der Waals surface area contributed by atoms with Gasteiger partial charge in [-0.25, -0.2) is 17.5 Å². The standard InChI is InChI=1S/C16H18FNO3S/c17-16-4-2-1-3-15(16)12-22(20,21)18-10-9-13-5-7-14(11-19)8-6-13/h1-8,18-19H,9-12H2. The van der Waals surface area contributed by atoms with Crippen molar-refractivity contribution in [1.82, 2.24) is 4.72 Å². The van der Waals surface area contributed by atoms with E-state index in [1.54, 1.807) is 18.2 Å². The fourth-order valence-corrected chi connectivity index (χ4v) is 3.19. The van der Waals surface area contributed by atoms with Crippen molar-refractivity contribution in [3.63, 3.8) is 0 Å². The van der Waals surface area contributed by atoms with Gasteiger partial charge in [-0.05, 0) is 23.6 Å². The number of aliphatic hydroxyl groups excluding tert-OH is 1. The van der Waals surface area contributed by atoms with Gasteiger partial charge in [0.25, 0.3) is 0 Å². The minimum absolute atomic E-state index is 0.0183. The molecule has 2 aromatic rings. The summed E-state index contributed by atoms with van der Waals surface area (Å²) in [5, 5.41) is 8.95. The Balaban J connectivity index is 1.88. The number of hydrogen-bond acceptors (Lipinski definition) is 3. The molecule has 6 heteroatoms. The molecule has 22 heavy (non-hydrogen) atoms. The van der Waals surface area contributed by atoms with Gasteiger partial charge >= 0.3 is 0 Å². The summed E-state index contributed by atoms with van der Waals surface area (Å²) in [6.07, 6.45) is 0.530. The third-order valence-corrected chi connectivity index (χ3v) is 4.58. The lowest BCUT2D eigenvalue weighted by Crippen LogP contribution is -2.27. The van der Waals surface area contributed by atoms with Crippen LogP contribution in [-0.4, -0.2) is 20.1 Å². The Hall–Kier alpha value is -1.76. The quantitative estimate of drug-likeness (QED) is 0.819. The van der Waals surface area contributed by atoms with Crippen molar-refractivity contribution in [2.75, 3.05) is 6.54 Å². The third-order valence-electron chi connectivity index (χ3n) is 3.24. The summed E-state index contributed by atoms with van der Waals surface area (Å²) in [5.74, 6) is -0.893. The molecule has 0 saturated heterocycles. The second-order valence-corrected chi connectivity index (χ2v) is 6.78. The van der Waals surface area contributed by atoms with E-state index in [2.05, 4.69) is 4.72 Å². The summed E-state index contributed by atoms with van der Waals surface area (Å²) in [6, 6.07) is 13.1. The highest BCUT2D eigenvalue weighted by Crippen LogP contribution is 2.10. The topological polar surface area (TPSA) is 66.4 Å². The molecule has 0 bridgehead atoms. The Morgan fingerprint density at radius 3 is 2.27 bits per heavy atom. The highest BCUT2D eigenvalue weighted by Gasteiger charge is 2.13. The van der Waals surface area contributed by atoms with Crippen LogP contribution in [-0.2, 0) is 28.8 Å². The molecule has 0 atom stereocenters. The zero-order valence-electron chi connectivity index (χ0n) is 12.0. The fourth-order valence-electron chi connectivity index (χ4n) is 2.03. The molecule has 0 saturated carbocycles. The fraction of sp³-hybridized carbons (Fsp3) is 0.250. The van der Waals surface area contributed by atoms with Gasteiger partial charge in [0, 0.05) is 12.1 Å². The van der Waals surface area contributed by atoms with Crippen molar-refractivity contribution in [1.29, 1.82) is 0 Å². The number of nitrogens with one attached hydrogen (secondary N) is 1. The van der Waals surface area contributed by atoms with Gasteiger partial charge in [-0.15, -0.1) is 0 Å². The molecule has 0 unspecified atom stereocenters. The Bertz CT molecular complexity index is 714. The normalized spacial score (nSPS) is 11.5. The maximum Gasteiger partial charge on any atom is 0.215 e. The van der Waals surface area contributed by atoms with Crippen LogP contribution in [0.3, 0.4) is 0 Å². The molecule has 0 amide bonds. The average Bonchev–Trinajstić information content (AvgIpc) is 2.50. The summed E-state index contributed by atoms with van der Waals surface area (Å²) < 4.78 is 39.8. The van der Waals surface area contributed by atoms with E-state index in [-0.39, 0.29) is 24.5 Å². The summed E-state index contributed by atoms with van der Waals surface area (Å²) in [5.41, 5.74) is 1.93. The van der Waals surface area contributed by atoms with Crippen molar-refractivity contribution < 1.29 is 17.9 Å². The first kappa shape index (κ1) is 16.6. The first-order chi connectivity index (χ1) is 10.5. The molecule has 2 N–H and O–H groups in total. The number of sulfonamides is 1. The van der Waals surface area contributed by atoms with Crippen LogP contribution in [0.25, 0.3) is 0 Å². The lowest BCUT2D eigenvalue weighted by molar-refractivity contribution is 0.282. The molecule has 2 rings (SSSR count). The Morgan fingerprint density at radius 2 is 1.64 bits per heavy atom. The molecular formula is C16H18FNO3S. The van der Waals surface area contributed by atoms with Crippen LogP contribution >= 0.6 is 0 Å². The van der Waals surface area contributed by atoms with Gasteiger partial charge in [0.05, 0.1) is 12.4 Å². The van der Waals surface area contributed by atoms with E-state index in [0.717, 1.165) is 11.1 Å². The Kier molecular flexibility index (Phi) is 5.65. The summed E-state index contributed by atoms with van der Waals surface area (Å²) in [6.45, 7) is 0.227. The number of aliphatic hydroxyl groups is 1. The number of halogens is 1. The molecule has 118 valence electrons. The molecule has 0 fully saturated rings. The van der Waals surface area contributed by atoms with Crippen molar-refractivity contribution in [2.45, 2.75) is 18.8 Å². The van der Waals surface area contributed by atoms with Gasteiger partial charge in [-0.2, -0.15) is 0 Å². The van der Waals surface area contributed by atoms with E-state index in [9.17, 15) is 12.8 Å². The van der Waals surface area contributed by atoms with E-state index < -0.39 is 15.8 Å². The molecule has 0 spiro atoms. The van der Waals surface area contributed by atoms with Crippen LogP contribution < -0.4 is 4.72 Å². The largest absolute Gasteiger partial charge is 0.392 e. The zero-order valence-corrected chi connectivity index (χ0v) is 12.8. The smallest absolute Gasteiger partial charge is 0.215 e. The van der Waals surface area contributed by atoms with Crippen LogP contribution in [0.5, 0.6) is 0 Å². The maximum absolute atomic E-state index is 13.5. The lowest BCUT2D eigenvalue weighted by Gasteiger charge is -2.08. The number of benzene rings is 2. The molecule has 0 aromatic heterocycles. The summed E-state index contributed by atoms with van der Waals surface area (Å²) in [4.78, 5) is 0. The minimum Gasteiger partial charge on any atom is -0.392 e. The molecule has 0 aliphatic heterocycles. The van der Waals surface area contributed by atoms with Gasteiger partial charge in [0.1, 0.15) is 5.82 Å². The summed E-state index contributed by atoms with van der Waals surface area (Å²) >= 11 is 0. The highest BCUT2D eigenvalue weighted by atomic mass is 32.2. The van der Waals surface area contributed by atoms with E-state index in [0.29, 0.717) is 6.42 Å². The Labute approximate surface area is 129 Å². The first-order valence-corrected chi connectivity index (χ1v) is 8.55. The SMILES string of the molecule is O=S(=O)(Cc1ccccc1F)NCCc1ccc(CO)cc1. The van der Waals surface area contributed by atoms with Gasteiger partial charge in [-0.3, -0.25) is 0 Å². The van der Waals surface area contributed by atoms with E-state index in [1.807, 2.05) is 12.1 Å². The average molecular weight is 323 g/mol. The van der Waals surface area contributed by atoms with Gasteiger partial charge < -0.3 is 5.11 Å². The second kappa shape index (κ2) is 7.49.